The van der Waals surface area contributed by atoms with Crippen LogP contribution in [0.15, 0.2) is 11.6 Å². The SMILES string of the molecule is CC(=O)[C@]1(C)C[C@H]2C(=CCCC2(C)C)C[C@]1(C)O. The van der Waals surface area contributed by atoms with E-state index in [0.717, 1.165) is 12.8 Å². The van der Waals surface area contributed by atoms with E-state index in [9.17, 15) is 9.90 Å². The number of fused-ring (bicyclic) bond motifs is 1. The minimum atomic E-state index is -0.908. The van der Waals surface area contributed by atoms with Crippen molar-refractivity contribution in [2.45, 2.75) is 65.9 Å². The molecule has 18 heavy (non-hydrogen) atoms. The van der Waals surface area contributed by atoms with Crippen LogP contribution in [0.1, 0.15) is 60.3 Å². The summed E-state index contributed by atoms with van der Waals surface area (Å²) in [5.74, 6) is 0.563. The average Bonchev–Trinajstić information content (AvgIpc) is 2.20. The molecule has 1 saturated carbocycles. The molecule has 0 aromatic carbocycles. The first-order chi connectivity index (χ1) is 8.10. The largest absolute Gasteiger partial charge is 0.389 e. The normalized spacial score (nSPS) is 43.0. The van der Waals surface area contributed by atoms with Crippen molar-refractivity contribution < 1.29 is 9.90 Å². The molecular weight excluding hydrogens is 224 g/mol. The van der Waals surface area contributed by atoms with Gasteiger partial charge in [-0.2, -0.15) is 0 Å². The first-order valence-electron chi connectivity index (χ1n) is 7.02. The van der Waals surface area contributed by atoms with E-state index in [2.05, 4.69) is 19.9 Å². The molecule has 102 valence electrons. The zero-order chi connectivity index (χ0) is 13.8. The van der Waals surface area contributed by atoms with Gasteiger partial charge < -0.3 is 5.11 Å². The Morgan fingerprint density at radius 2 is 1.94 bits per heavy atom. The molecule has 0 amide bonds. The summed E-state index contributed by atoms with van der Waals surface area (Å²) >= 11 is 0. The van der Waals surface area contributed by atoms with Gasteiger partial charge in [-0.3, -0.25) is 4.79 Å². The molecule has 0 aromatic heterocycles. The highest BCUT2D eigenvalue weighted by Crippen LogP contribution is 2.56. The standard InChI is InChI=1S/C16H26O2/c1-11(17)15(4)10-13-12(9-16(15,5)18)7-6-8-14(13,2)3/h7,13,18H,6,8-10H2,1-5H3/t13-,15-,16-/m0/s1. The average molecular weight is 250 g/mol. The summed E-state index contributed by atoms with van der Waals surface area (Å²) in [5, 5.41) is 10.7. The van der Waals surface area contributed by atoms with E-state index in [1.54, 1.807) is 6.92 Å². The van der Waals surface area contributed by atoms with Crippen molar-refractivity contribution in [2.75, 3.05) is 0 Å². The van der Waals surface area contributed by atoms with Gasteiger partial charge in [-0.25, -0.2) is 0 Å². The molecule has 0 spiro atoms. The van der Waals surface area contributed by atoms with Gasteiger partial charge in [0.2, 0.25) is 0 Å². The zero-order valence-electron chi connectivity index (χ0n) is 12.3. The van der Waals surface area contributed by atoms with Crippen LogP contribution in [-0.4, -0.2) is 16.5 Å². The first-order valence-corrected chi connectivity index (χ1v) is 7.02. The maximum atomic E-state index is 12.0. The molecular formula is C16H26O2. The molecule has 0 radical (unpaired) electrons. The molecule has 2 aliphatic carbocycles. The van der Waals surface area contributed by atoms with Crippen molar-refractivity contribution in [3.8, 4) is 0 Å². The Balaban J connectivity index is 2.43. The smallest absolute Gasteiger partial charge is 0.138 e. The summed E-state index contributed by atoms with van der Waals surface area (Å²) < 4.78 is 0. The second-order valence-electron chi connectivity index (χ2n) is 7.40. The maximum absolute atomic E-state index is 12.0. The molecule has 0 bridgehead atoms. The van der Waals surface area contributed by atoms with Crippen LogP contribution in [0.5, 0.6) is 0 Å². The van der Waals surface area contributed by atoms with Gasteiger partial charge in [0.05, 0.1) is 11.0 Å². The van der Waals surface area contributed by atoms with Crippen molar-refractivity contribution in [3.63, 3.8) is 0 Å². The Hall–Kier alpha value is -0.630. The van der Waals surface area contributed by atoms with Crippen LogP contribution in [0.3, 0.4) is 0 Å². The Morgan fingerprint density at radius 3 is 2.50 bits per heavy atom. The molecule has 2 aliphatic rings. The first kappa shape index (κ1) is 13.8. The van der Waals surface area contributed by atoms with E-state index in [4.69, 9.17) is 0 Å². The van der Waals surface area contributed by atoms with Crippen molar-refractivity contribution in [1.82, 2.24) is 0 Å². The third kappa shape index (κ3) is 1.85. The molecule has 2 heteroatoms. The molecule has 0 aliphatic heterocycles. The highest BCUT2D eigenvalue weighted by molar-refractivity contribution is 5.83. The maximum Gasteiger partial charge on any atom is 0.138 e. The van der Waals surface area contributed by atoms with E-state index < -0.39 is 11.0 Å². The lowest BCUT2D eigenvalue weighted by Crippen LogP contribution is -2.55. The summed E-state index contributed by atoms with van der Waals surface area (Å²) in [5.41, 5.74) is 0.102. The van der Waals surface area contributed by atoms with Crippen LogP contribution < -0.4 is 0 Å². The zero-order valence-corrected chi connectivity index (χ0v) is 12.3. The summed E-state index contributed by atoms with van der Waals surface area (Å²) in [4.78, 5) is 12.0. The molecule has 1 fully saturated rings. The minimum absolute atomic E-state index is 0.118. The number of ketones is 1. The van der Waals surface area contributed by atoms with Crippen molar-refractivity contribution in [3.05, 3.63) is 11.6 Å². The molecule has 1 N–H and O–H groups in total. The third-order valence-electron chi connectivity index (χ3n) is 5.71. The van der Waals surface area contributed by atoms with Crippen molar-refractivity contribution >= 4 is 5.78 Å². The van der Waals surface area contributed by atoms with Gasteiger partial charge in [0.15, 0.2) is 0 Å². The predicted molar refractivity (Wildman–Crippen MR) is 73.2 cm³/mol. The van der Waals surface area contributed by atoms with Crippen LogP contribution in [0, 0.1) is 16.7 Å². The molecule has 0 saturated heterocycles. The fraction of sp³-hybridized carbons (Fsp3) is 0.812. The lowest BCUT2D eigenvalue weighted by atomic mass is 9.52. The van der Waals surface area contributed by atoms with Gasteiger partial charge >= 0.3 is 0 Å². The lowest BCUT2D eigenvalue weighted by Gasteiger charge is -2.54. The molecule has 2 nitrogen and oxygen atoms in total. The van der Waals surface area contributed by atoms with E-state index in [1.807, 2.05) is 13.8 Å². The van der Waals surface area contributed by atoms with E-state index in [0.29, 0.717) is 12.3 Å². The Labute approximate surface area is 110 Å². The van der Waals surface area contributed by atoms with Crippen LogP contribution in [0.25, 0.3) is 0 Å². The second kappa shape index (κ2) is 3.93. The highest BCUT2D eigenvalue weighted by Gasteiger charge is 2.55. The fourth-order valence-corrected chi connectivity index (χ4v) is 3.79. The topological polar surface area (TPSA) is 37.3 Å². The number of carbonyl (C=O) groups excluding carboxylic acids is 1. The number of aliphatic hydroxyl groups is 1. The number of Topliss-reactive ketones (excluding diaryl/α,β-unsaturated/α-hetero) is 1. The number of carbonyl (C=O) groups is 1. The van der Waals surface area contributed by atoms with Crippen LogP contribution in [0.4, 0.5) is 0 Å². The lowest BCUT2D eigenvalue weighted by molar-refractivity contribution is -0.151. The quantitative estimate of drug-likeness (QED) is 0.723. The second-order valence-corrected chi connectivity index (χ2v) is 7.40. The summed E-state index contributed by atoms with van der Waals surface area (Å²) in [6.45, 7) is 9.99. The van der Waals surface area contributed by atoms with Gasteiger partial charge in [0.25, 0.3) is 0 Å². The minimum Gasteiger partial charge on any atom is -0.389 e. The number of hydrogen-bond acceptors (Lipinski definition) is 2. The molecule has 2 rings (SSSR count). The van der Waals surface area contributed by atoms with Gasteiger partial charge in [0.1, 0.15) is 5.78 Å². The van der Waals surface area contributed by atoms with Gasteiger partial charge in [-0.05, 0) is 57.8 Å². The van der Waals surface area contributed by atoms with Crippen LogP contribution in [-0.2, 0) is 4.79 Å². The van der Waals surface area contributed by atoms with Crippen LogP contribution >= 0.6 is 0 Å². The van der Waals surface area contributed by atoms with Gasteiger partial charge in [-0.1, -0.05) is 25.5 Å². The highest BCUT2D eigenvalue weighted by atomic mass is 16.3. The monoisotopic (exact) mass is 250 g/mol. The van der Waals surface area contributed by atoms with E-state index in [1.165, 1.54) is 12.0 Å². The fourth-order valence-electron chi connectivity index (χ4n) is 3.79. The molecule has 0 heterocycles. The van der Waals surface area contributed by atoms with Crippen LogP contribution in [0.2, 0.25) is 0 Å². The Kier molecular flexibility index (Phi) is 3.01. The number of rotatable bonds is 1. The summed E-state index contributed by atoms with van der Waals surface area (Å²) in [7, 11) is 0. The third-order valence-corrected chi connectivity index (χ3v) is 5.71. The summed E-state index contributed by atoms with van der Waals surface area (Å²) in [6, 6.07) is 0. The summed E-state index contributed by atoms with van der Waals surface area (Å²) in [6.07, 6.45) is 6.01. The van der Waals surface area contributed by atoms with E-state index in [-0.39, 0.29) is 11.2 Å². The van der Waals surface area contributed by atoms with Crippen molar-refractivity contribution in [1.29, 1.82) is 0 Å². The number of allylic oxidation sites excluding steroid dienone is 1. The molecule has 0 unspecified atom stereocenters. The molecule has 0 aromatic rings. The Morgan fingerprint density at radius 1 is 1.33 bits per heavy atom. The number of hydrogen-bond donors (Lipinski definition) is 1. The predicted octanol–water partition coefficient (Wildman–Crippen LogP) is 3.49. The Bertz CT molecular complexity index is 403. The van der Waals surface area contributed by atoms with Gasteiger partial charge in [-0.15, -0.1) is 0 Å². The van der Waals surface area contributed by atoms with Crippen molar-refractivity contribution in [2.24, 2.45) is 16.7 Å². The van der Waals surface area contributed by atoms with E-state index >= 15 is 0 Å². The molecule has 3 atom stereocenters. The van der Waals surface area contributed by atoms with Gasteiger partial charge in [0, 0.05) is 0 Å².